The van der Waals surface area contributed by atoms with Crippen molar-refractivity contribution in [2.45, 2.75) is 46.0 Å². The van der Waals surface area contributed by atoms with Crippen molar-refractivity contribution in [3.63, 3.8) is 0 Å². The maximum absolute atomic E-state index is 11.5. The van der Waals surface area contributed by atoms with Crippen LogP contribution >= 0.6 is 0 Å². The van der Waals surface area contributed by atoms with Gasteiger partial charge in [0.05, 0.1) is 13.0 Å². The lowest BCUT2D eigenvalue weighted by Gasteiger charge is -2.19. The van der Waals surface area contributed by atoms with E-state index in [0.29, 0.717) is 24.0 Å². The fraction of sp³-hybridized carbons (Fsp3) is 0.562. The minimum Gasteiger partial charge on any atom is -0.496 e. The lowest BCUT2D eigenvalue weighted by Crippen LogP contribution is -2.15. The molecular weight excluding hydrogens is 240 g/mol. The molecule has 0 saturated heterocycles. The highest BCUT2D eigenvalue weighted by Gasteiger charge is 2.24. The molecule has 106 valence electrons. The molecule has 0 amide bonds. The van der Waals surface area contributed by atoms with Crippen LogP contribution in [0.5, 0.6) is 5.75 Å². The monoisotopic (exact) mass is 264 g/mol. The van der Waals surface area contributed by atoms with Crippen molar-refractivity contribution in [2.24, 2.45) is 5.92 Å². The van der Waals surface area contributed by atoms with Crippen molar-refractivity contribution < 1.29 is 14.6 Å². The number of carboxylic acids is 1. The van der Waals surface area contributed by atoms with Crippen LogP contribution in [-0.2, 0) is 4.79 Å². The van der Waals surface area contributed by atoms with Gasteiger partial charge in [0, 0.05) is 5.56 Å². The predicted molar refractivity (Wildman–Crippen MR) is 76.9 cm³/mol. The van der Waals surface area contributed by atoms with Gasteiger partial charge in [0.25, 0.3) is 0 Å². The average molecular weight is 264 g/mol. The van der Waals surface area contributed by atoms with E-state index in [1.807, 2.05) is 32.0 Å². The van der Waals surface area contributed by atoms with Crippen LogP contribution in [0.25, 0.3) is 0 Å². The molecule has 0 saturated carbocycles. The van der Waals surface area contributed by atoms with Gasteiger partial charge < -0.3 is 9.84 Å². The van der Waals surface area contributed by atoms with Gasteiger partial charge in [-0.25, -0.2) is 0 Å². The van der Waals surface area contributed by atoms with Crippen molar-refractivity contribution >= 4 is 5.97 Å². The molecule has 0 aromatic heterocycles. The molecule has 0 aliphatic carbocycles. The average Bonchev–Trinajstić information content (AvgIpc) is 2.34. The number of carbonyl (C=O) groups is 1. The van der Waals surface area contributed by atoms with Gasteiger partial charge in [-0.2, -0.15) is 0 Å². The number of methoxy groups -OCH3 is 1. The zero-order chi connectivity index (χ0) is 14.6. The van der Waals surface area contributed by atoms with E-state index in [2.05, 4.69) is 13.8 Å². The van der Waals surface area contributed by atoms with E-state index >= 15 is 0 Å². The Bertz CT molecular complexity index is 436. The van der Waals surface area contributed by atoms with Crippen molar-refractivity contribution in [3.05, 3.63) is 29.3 Å². The molecule has 1 unspecified atom stereocenters. The van der Waals surface area contributed by atoms with Crippen LogP contribution in [0.2, 0.25) is 0 Å². The van der Waals surface area contributed by atoms with Crippen LogP contribution in [0, 0.1) is 5.92 Å². The molecule has 1 rings (SSSR count). The summed E-state index contributed by atoms with van der Waals surface area (Å²) in [6, 6.07) is 5.85. The Morgan fingerprint density at radius 2 is 1.89 bits per heavy atom. The molecule has 1 atom stereocenters. The largest absolute Gasteiger partial charge is 0.496 e. The second-order valence-electron chi connectivity index (χ2n) is 5.68. The van der Waals surface area contributed by atoms with E-state index in [4.69, 9.17) is 4.74 Å². The summed E-state index contributed by atoms with van der Waals surface area (Å²) >= 11 is 0. The van der Waals surface area contributed by atoms with Gasteiger partial charge in [0.15, 0.2) is 0 Å². The van der Waals surface area contributed by atoms with Crippen molar-refractivity contribution in [1.29, 1.82) is 0 Å². The summed E-state index contributed by atoms with van der Waals surface area (Å²) in [6.45, 7) is 8.28. The first-order chi connectivity index (χ1) is 8.86. The minimum atomic E-state index is -0.788. The zero-order valence-electron chi connectivity index (χ0n) is 12.4. The molecule has 0 spiro atoms. The van der Waals surface area contributed by atoms with Gasteiger partial charge >= 0.3 is 5.97 Å². The molecular formula is C16H24O3. The maximum atomic E-state index is 11.5. The standard InChI is InChI=1S/C16H24O3/c1-10(2)8-14(16(17)18)13-7-6-12(11(3)4)9-15(13)19-5/h6-7,9-11,14H,8H2,1-5H3,(H,17,18). The van der Waals surface area contributed by atoms with Crippen LogP contribution in [0.4, 0.5) is 0 Å². The van der Waals surface area contributed by atoms with Crippen LogP contribution in [-0.4, -0.2) is 18.2 Å². The van der Waals surface area contributed by atoms with Gasteiger partial charge in [-0.3, -0.25) is 4.79 Å². The highest BCUT2D eigenvalue weighted by atomic mass is 16.5. The highest BCUT2D eigenvalue weighted by molar-refractivity contribution is 5.77. The van der Waals surface area contributed by atoms with Crippen LogP contribution in [0.3, 0.4) is 0 Å². The zero-order valence-corrected chi connectivity index (χ0v) is 12.4. The molecule has 0 bridgehead atoms. The van der Waals surface area contributed by atoms with E-state index in [1.165, 1.54) is 0 Å². The fourth-order valence-corrected chi connectivity index (χ4v) is 2.21. The van der Waals surface area contributed by atoms with Crippen LogP contribution in [0.15, 0.2) is 18.2 Å². The molecule has 19 heavy (non-hydrogen) atoms. The number of hydrogen-bond acceptors (Lipinski definition) is 2. The Kier molecular flexibility index (Phi) is 5.40. The first-order valence-corrected chi connectivity index (χ1v) is 6.77. The number of benzene rings is 1. The van der Waals surface area contributed by atoms with Crippen molar-refractivity contribution in [2.75, 3.05) is 7.11 Å². The molecule has 0 radical (unpaired) electrons. The molecule has 1 aromatic carbocycles. The summed E-state index contributed by atoms with van der Waals surface area (Å²) in [5.41, 5.74) is 1.93. The topological polar surface area (TPSA) is 46.5 Å². The Hall–Kier alpha value is -1.51. The lowest BCUT2D eigenvalue weighted by molar-refractivity contribution is -0.139. The third kappa shape index (κ3) is 3.98. The summed E-state index contributed by atoms with van der Waals surface area (Å²) in [4.78, 5) is 11.5. The van der Waals surface area contributed by atoms with Crippen molar-refractivity contribution in [3.8, 4) is 5.75 Å². The van der Waals surface area contributed by atoms with E-state index in [0.717, 1.165) is 11.1 Å². The lowest BCUT2D eigenvalue weighted by atomic mass is 9.88. The Balaban J connectivity index is 3.19. The third-order valence-electron chi connectivity index (χ3n) is 3.30. The second kappa shape index (κ2) is 6.60. The van der Waals surface area contributed by atoms with Gasteiger partial charge in [0.2, 0.25) is 0 Å². The van der Waals surface area contributed by atoms with E-state index in [-0.39, 0.29) is 0 Å². The molecule has 3 nitrogen and oxygen atoms in total. The van der Waals surface area contributed by atoms with Gasteiger partial charge in [-0.1, -0.05) is 39.8 Å². The van der Waals surface area contributed by atoms with Crippen LogP contribution in [0.1, 0.15) is 57.1 Å². The Labute approximate surface area is 115 Å². The molecule has 3 heteroatoms. The summed E-state index contributed by atoms with van der Waals surface area (Å²) in [7, 11) is 1.59. The summed E-state index contributed by atoms with van der Waals surface area (Å²) < 4.78 is 5.39. The summed E-state index contributed by atoms with van der Waals surface area (Å²) in [6.07, 6.45) is 0.618. The Morgan fingerprint density at radius 1 is 1.26 bits per heavy atom. The molecule has 0 heterocycles. The number of rotatable bonds is 6. The Morgan fingerprint density at radius 3 is 2.32 bits per heavy atom. The molecule has 0 fully saturated rings. The minimum absolute atomic E-state index is 0.329. The number of hydrogen-bond donors (Lipinski definition) is 1. The molecule has 0 aliphatic rings. The fourth-order valence-electron chi connectivity index (χ4n) is 2.21. The summed E-state index contributed by atoms with van der Waals surface area (Å²) in [5.74, 6) is 0.117. The van der Waals surface area contributed by atoms with Gasteiger partial charge in [0.1, 0.15) is 5.75 Å². The smallest absolute Gasteiger partial charge is 0.311 e. The van der Waals surface area contributed by atoms with E-state index < -0.39 is 11.9 Å². The van der Waals surface area contributed by atoms with Gasteiger partial charge in [-0.05, 0) is 29.9 Å². The summed E-state index contributed by atoms with van der Waals surface area (Å²) in [5, 5.41) is 9.42. The first-order valence-electron chi connectivity index (χ1n) is 6.77. The quantitative estimate of drug-likeness (QED) is 0.843. The van der Waals surface area contributed by atoms with Gasteiger partial charge in [-0.15, -0.1) is 0 Å². The normalized spacial score (nSPS) is 12.8. The van der Waals surface area contributed by atoms with Crippen LogP contribution < -0.4 is 4.74 Å². The number of aliphatic carboxylic acids is 1. The number of ether oxygens (including phenoxy) is 1. The number of carboxylic acid groups (broad SMARTS) is 1. The first kappa shape index (κ1) is 15.5. The third-order valence-corrected chi connectivity index (χ3v) is 3.30. The predicted octanol–water partition coefficient (Wildman–Crippen LogP) is 4.03. The highest BCUT2D eigenvalue weighted by Crippen LogP contribution is 2.33. The molecule has 0 aliphatic heterocycles. The SMILES string of the molecule is COc1cc(C(C)C)ccc1C(CC(C)C)C(=O)O. The maximum Gasteiger partial charge on any atom is 0.311 e. The molecule has 1 aromatic rings. The van der Waals surface area contributed by atoms with E-state index in [9.17, 15) is 9.90 Å². The van der Waals surface area contributed by atoms with Crippen molar-refractivity contribution in [1.82, 2.24) is 0 Å². The molecule has 1 N–H and O–H groups in total. The second-order valence-corrected chi connectivity index (χ2v) is 5.68. The van der Waals surface area contributed by atoms with E-state index in [1.54, 1.807) is 7.11 Å².